The van der Waals surface area contributed by atoms with Crippen molar-refractivity contribution in [2.24, 2.45) is 11.8 Å². The molecular formula is C26H30N2O3. The lowest BCUT2D eigenvalue weighted by Gasteiger charge is -2.41. The van der Waals surface area contributed by atoms with Crippen LogP contribution in [0.25, 0.3) is 0 Å². The second-order valence-corrected chi connectivity index (χ2v) is 9.29. The molecule has 162 valence electrons. The van der Waals surface area contributed by atoms with Gasteiger partial charge in [0.25, 0.3) is 0 Å². The first-order valence-corrected chi connectivity index (χ1v) is 11.1. The summed E-state index contributed by atoms with van der Waals surface area (Å²) in [5, 5.41) is 3.06. The Bertz CT molecular complexity index is 971. The van der Waals surface area contributed by atoms with Gasteiger partial charge in [-0.15, -0.1) is 0 Å². The molecule has 0 spiro atoms. The normalized spacial score (nSPS) is 21.4. The van der Waals surface area contributed by atoms with Gasteiger partial charge in [-0.2, -0.15) is 0 Å². The van der Waals surface area contributed by atoms with Crippen molar-refractivity contribution in [1.29, 1.82) is 0 Å². The topological polar surface area (TPSA) is 66.5 Å². The van der Waals surface area contributed by atoms with Crippen molar-refractivity contribution in [2.45, 2.75) is 58.7 Å². The van der Waals surface area contributed by atoms with Crippen molar-refractivity contribution >= 4 is 17.6 Å². The van der Waals surface area contributed by atoms with Crippen LogP contribution in [0.15, 0.2) is 48.5 Å². The van der Waals surface area contributed by atoms with Crippen molar-refractivity contribution in [3.05, 3.63) is 70.8 Å². The third-order valence-corrected chi connectivity index (χ3v) is 6.49. The van der Waals surface area contributed by atoms with Gasteiger partial charge in [0, 0.05) is 12.1 Å². The number of benzene rings is 2. The highest BCUT2D eigenvalue weighted by Crippen LogP contribution is 2.32. The lowest BCUT2D eigenvalue weighted by Crippen LogP contribution is -2.65. The van der Waals surface area contributed by atoms with E-state index < -0.39 is 12.1 Å². The molecule has 0 radical (unpaired) electrons. The molecule has 2 aromatic rings. The molecule has 2 amide bonds. The van der Waals surface area contributed by atoms with Gasteiger partial charge in [-0.3, -0.25) is 14.4 Å². The third kappa shape index (κ3) is 4.41. The molecule has 2 aliphatic rings. The first-order chi connectivity index (χ1) is 14.8. The van der Waals surface area contributed by atoms with E-state index in [1.807, 2.05) is 24.3 Å². The van der Waals surface area contributed by atoms with E-state index in [1.54, 1.807) is 17.0 Å². The third-order valence-electron chi connectivity index (χ3n) is 6.49. The van der Waals surface area contributed by atoms with E-state index in [2.05, 4.69) is 31.3 Å². The van der Waals surface area contributed by atoms with Gasteiger partial charge in [-0.1, -0.05) is 62.4 Å². The quantitative estimate of drug-likeness (QED) is 0.730. The number of fused-ring (bicyclic) bond motifs is 1. The average Bonchev–Trinajstić information content (AvgIpc) is 3.17. The lowest BCUT2D eigenvalue weighted by atomic mass is 9.90. The molecule has 1 heterocycles. The second-order valence-electron chi connectivity index (χ2n) is 9.29. The SMILES string of the molecule is CC(=O)c1ccc(CN2C(=O)[C@@H](C3Cc4ccccc4C3)NC(=O)[C@H]2CC(C)C)cc1. The fraction of sp³-hybridized carbons (Fsp3) is 0.423. The van der Waals surface area contributed by atoms with Crippen LogP contribution < -0.4 is 5.32 Å². The maximum atomic E-state index is 13.6. The zero-order valence-corrected chi connectivity index (χ0v) is 18.4. The number of hydrogen-bond acceptors (Lipinski definition) is 3. The van der Waals surface area contributed by atoms with Gasteiger partial charge in [0.2, 0.25) is 11.8 Å². The van der Waals surface area contributed by atoms with E-state index in [9.17, 15) is 14.4 Å². The molecule has 1 aliphatic heterocycles. The summed E-state index contributed by atoms with van der Waals surface area (Å²) >= 11 is 0. The number of Topliss-reactive ketones (excluding diaryl/α,β-unsaturated/α-hetero) is 1. The molecule has 1 saturated heterocycles. The van der Waals surface area contributed by atoms with E-state index in [0.29, 0.717) is 24.4 Å². The average molecular weight is 419 g/mol. The van der Waals surface area contributed by atoms with Gasteiger partial charge < -0.3 is 10.2 Å². The molecule has 1 fully saturated rings. The minimum absolute atomic E-state index is 0.00120. The van der Waals surface area contributed by atoms with Crippen LogP contribution in [0, 0.1) is 11.8 Å². The molecule has 0 bridgehead atoms. The summed E-state index contributed by atoms with van der Waals surface area (Å²) in [6.07, 6.45) is 2.24. The van der Waals surface area contributed by atoms with Gasteiger partial charge in [0.1, 0.15) is 12.1 Å². The maximum absolute atomic E-state index is 13.6. The molecule has 2 aromatic carbocycles. The number of nitrogens with one attached hydrogen (secondary N) is 1. The minimum Gasteiger partial charge on any atom is -0.342 e. The minimum atomic E-state index is -0.500. The van der Waals surface area contributed by atoms with Gasteiger partial charge in [-0.25, -0.2) is 0 Å². The number of carbonyl (C=O) groups excluding carboxylic acids is 3. The van der Waals surface area contributed by atoms with Crippen molar-refractivity contribution in [1.82, 2.24) is 10.2 Å². The van der Waals surface area contributed by atoms with Crippen molar-refractivity contribution in [2.75, 3.05) is 0 Å². The number of hydrogen-bond donors (Lipinski definition) is 1. The Hall–Kier alpha value is -2.95. The smallest absolute Gasteiger partial charge is 0.246 e. The van der Waals surface area contributed by atoms with Crippen LogP contribution in [-0.2, 0) is 29.0 Å². The standard InChI is InChI=1S/C26H30N2O3/c1-16(2)12-23-25(30)27-24(22-13-20-6-4-5-7-21(20)14-22)26(31)28(23)15-18-8-10-19(11-9-18)17(3)29/h4-11,16,22-24H,12-15H2,1-3H3,(H,27,30)/t23-,24-/m1/s1. The Morgan fingerprint density at radius 2 is 1.65 bits per heavy atom. The maximum Gasteiger partial charge on any atom is 0.246 e. The van der Waals surface area contributed by atoms with E-state index in [-0.39, 0.29) is 23.5 Å². The first kappa shape index (κ1) is 21.3. The van der Waals surface area contributed by atoms with Gasteiger partial charge in [0.15, 0.2) is 5.78 Å². The number of rotatable bonds is 6. The summed E-state index contributed by atoms with van der Waals surface area (Å²) in [5.74, 6) is 0.321. The highest BCUT2D eigenvalue weighted by Gasteiger charge is 2.45. The van der Waals surface area contributed by atoms with E-state index in [1.165, 1.54) is 18.1 Å². The number of amides is 2. The monoisotopic (exact) mass is 418 g/mol. The Kier molecular flexibility index (Phi) is 5.94. The fourth-order valence-electron chi connectivity index (χ4n) is 4.84. The van der Waals surface area contributed by atoms with Gasteiger partial charge in [0.05, 0.1) is 0 Å². The zero-order chi connectivity index (χ0) is 22.1. The molecule has 31 heavy (non-hydrogen) atoms. The summed E-state index contributed by atoms with van der Waals surface area (Å²) in [7, 11) is 0. The van der Waals surface area contributed by atoms with Crippen LogP contribution in [0.4, 0.5) is 0 Å². The largest absolute Gasteiger partial charge is 0.342 e. The molecular weight excluding hydrogens is 388 g/mol. The Morgan fingerprint density at radius 1 is 1.03 bits per heavy atom. The molecule has 1 N–H and O–H groups in total. The Labute approximate surface area is 183 Å². The summed E-state index contributed by atoms with van der Waals surface area (Å²) < 4.78 is 0. The van der Waals surface area contributed by atoms with Crippen LogP contribution >= 0.6 is 0 Å². The van der Waals surface area contributed by atoms with Crippen LogP contribution in [-0.4, -0.2) is 34.6 Å². The van der Waals surface area contributed by atoms with Gasteiger partial charge in [-0.05, 0) is 54.7 Å². The van der Waals surface area contributed by atoms with Crippen molar-refractivity contribution in [3.63, 3.8) is 0 Å². The molecule has 0 saturated carbocycles. The molecule has 2 atom stereocenters. The molecule has 5 heteroatoms. The summed E-state index contributed by atoms with van der Waals surface area (Å²) in [6, 6.07) is 14.6. The molecule has 5 nitrogen and oxygen atoms in total. The predicted octanol–water partition coefficient (Wildman–Crippen LogP) is 3.55. The van der Waals surface area contributed by atoms with E-state index in [4.69, 9.17) is 0 Å². The molecule has 1 aliphatic carbocycles. The second kappa shape index (κ2) is 8.66. The summed E-state index contributed by atoms with van der Waals surface area (Å²) in [6.45, 7) is 6.04. The van der Waals surface area contributed by atoms with E-state index >= 15 is 0 Å². The van der Waals surface area contributed by atoms with Crippen LogP contribution in [0.1, 0.15) is 54.2 Å². The molecule has 0 aromatic heterocycles. The number of carbonyl (C=O) groups is 3. The summed E-state index contributed by atoms with van der Waals surface area (Å²) in [5.41, 5.74) is 4.11. The van der Waals surface area contributed by atoms with Crippen molar-refractivity contribution < 1.29 is 14.4 Å². The predicted molar refractivity (Wildman–Crippen MR) is 120 cm³/mol. The lowest BCUT2D eigenvalue weighted by molar-refractivity contribution is -0.152. The summed E-state index contributed by atoms with van der Waals surface area (Å²) in [4.78, 5) is 40.1. The Morgan fingerprint density at radius 3 is 2.19 bits per heavy atom. The number of piperazine rings is 1. The molecule has 4 rings (SSSR count). The molecule has 0 unspecified atom stereocenters. The van der Waals surface area contributed by atoms with E-state index in [0.717, 1.165) is 18.4 Å². The first-order valence-electron chi connectivity index (χ1n) is 11.1. The van der Waals surface area contributed by atoms with Crippen LogP contribution in [0.3, 0.4) is 0 Å². The highest BCUT2D eigenvalue weighted by atomic mass is 16.2. The Balaban J connectivity index is 1.58. The van der Waals surface area contributed by atoms with Crippen molar-refractivity contribution in [3.8, 4) is 0 Å². The number of ketones is 1. The van der Waals surface area contributed by atoms with Crippen LogP contribution in [0.5, 0.6) is 0 Å². The highest BCUT2D eigenvalue weighted by molar-refractivity contribution is 5.97. The zero-order valence-electron chi connectivity index (χ0n) is 18.4. The fourth-order valence-corrected chi connectivity index (χ4v) is 4.84. The van der Waals surface area contributed by atoms with Gasteiger partial charge >= 0.3 is 0 Å². The number of nitrogens with zero attached hydrogens (tertiary/aromatic N) is 1. The van der Waals surface area contributed by atoms with Crippen LogP contribution in [0.2, 0.25) is 0 Å².